The minimum Gasteiger partial charge on any atom is -0.326 e. The SMILES string of the molecule is O=C(Nc1ccc(-c2ccc3nnc(-c4cccs4)n3n2)cc1)C1CCCC1. The predicted octanol–water partition coefficient (Wildman–Crippen LogP) is 4.65. The highest BCUT2D eigenvalue weighted by Crippen LogP contribution is 2.27. The molecule has 4 aromatic rings. The van der Waals surface area contributed by atoms with E-state index in [1.54, 1.807) is 15.9 Å². The summed E-state index contributed by atoms with van der Waals surface area (Å²) in [6, 6.07) is 15.7. The Morgan fingerprint density at radius 3 is 2.61 bits per heavy atom. The molecule has 0 bridgehead atoms. The maximum Gasteiger partial charge on any atom is 0.227 e. The number of carbonyl (C=O) groups excluding carboxylic acids is 1. The van der Waals surface area contributed by atoms with Gasteiger partial charge in [-0.3, -0.25) is 4.79 Å². The molecule has 0 saturated heterocycles. The van der Waals surface area contributed by atoms with Gasteiger partial charge in [-0.1, -0.05) is 31.0 Å². The maximum absolute atomic E-state index is 12.3. The van der Waals surface area contributed by atoms with Crippen LogP contribution in [0.1, 0.15) is 25.7 Å². The fourth-order valence-electron chi connectivity index (χ4n) is 3.66. The Kier molecular flexibility index (Phi) is 4.37. The number of fused-ring (bicyclic) bond motifs is 1. The van der Waals surface area contributed by atoms with Crippen LogP contribution in [0, 0.1) is 5.92 Å². The Bertz CT molecular complexity index is 1110. The summed E-state index contributed by atoms with van der Waals surface area (Å²) in [5.74, 6) is 1.04. The number of nitrogens with one attached hydrogen (secondary N) is 1. The zero-order valence-corrected chi connectivity index (χ0v) is 16.0. The van der Waals surface area contributed by atoms with Crippen LogP contribution in [-0.4, -0.2) is 25.7 Å². The normalized spacial score (nSPS) is 14.6. The van der Waals surface area contributed by atoms with Crippen molar-refractivity contribution in [3.05, 3.63) is 53.9 Å². The molecular formula is C21H19N5OS. The Balaban J connectivity index is 1.40. The number of carbonyl (C=O) groups is 1. The first-order valence-electron chi connectivity index (χ1n) is 9.45. The van der Waals surface area contributed by atoms with Gasteiger partial charge in [-0.2, -0.15) is 9.61 Å². The third-order valence-electron chi connectivity index (χ3n) is 5.18. The van der Waals surface area contributed by atoms with Crippen LogP contribution in [-0.2, 0) is 4.79 Å². The van der Waals surface area contributed by atoms with Crippen LogP contribution in [0.2, 0.25) is 0 Å². The monoisotopic (exact) mass is 389 g/mol. The van der Waals surface area contributed by atoms with Gasteiger partial charge in [0.2, 0.25) is 5.91 Å². The molecule has 7 heteroatoms. The molecular weight excluding hydrogens is 370 g/mol. The summed E-state index contributed by atoms with van der Waals surface area (Å²) in [6.45, 7) is 0. The lowest BCUT2D eigenvalue weighted by Gasteiger charge is -2.11. The smallest absolute Gasteiger partial charge is 0.227 e. The van der Waals surface area contributed by atoms with Crippen LogP contribution in [0.4, 0.5) is 5.69 Å². The summed E-state index contributed by atoms with van der Waals surface area (Å²) < 4.78 is 1.77. The van der Waals surface area contributed by atoms with Gasteiger partial charge in [-0.05, 0) is 48.6 Å². The van der Waals surface area contributed by atoms with Crippen molar-refractivity contribution < 1.29 is 4.79 Å². The summed E-state index contributed by atoms with van der Waals surface area (Å²) in [6.07, 6.45) is 4.31. The number of thiophene rings is 1. The third-order valence-corrected chi connectivity index (χ3v) is 6.04. The van der Waals surface area contributed by atoms with E-state index in [0.717, 1.165) is 53.3 Å². The molecule has 0 atom stereocenters. The second-order valence-electron chi connectivity index (χ2n) is 7.04. The summed E-state index contributed by atoms with van der Waals surface area (Å²) in [7, 11) is 0. The number of hydrogen-bond donors (Lipinski definition) is 1. The van der Waals surface area contributed by atoms with Crippen molar-refractivity contribution >= 4 is 28.6 Å². The first-order valence-corrected chi connectivity index (χ1v) is 10.3. The maximum atomic E-state index is 12.3. The number of aromatic nitrogens is 4. The molecule has 1 aliphatic rings. The number of nitrogens with zero attached hydrogens (tertiary/aromatic N) is 4. The molecule has 3 heterocycles. The number of amides is 1. The molecule has 0 spiro atoms. The highest BCUT2D eigenvalue weighted by atomic mass is 32.1. The fourth-order valence-corrected chi connectivity index (χ4v) is 4.35. The van der Waals surface area contributed by atoms with E-state index in [9.17, 15) is 4.79 Å². The van der Waals surface area contributed by atoms with Crippen LogP contribution < -0.4 is 5.32 Å². The van der Waals surface area contributed by atoms with E-state index in [1.807, 2.05) is 53.9 Å². The number of hydrogen-bond acceptors (Lipinski definition) is 5. The summed E-state index contributed by atoms with van der Waals surface area (Å²) in [4.78, 5) is 13.3. The summed E-state index contributed by atoms with van der Waals surface area (Å²) in [5.41, 5.74) is 3.35. The molecule has 1 aliphatic carbocycles. The van der Waals surface area contributed by atoms with Crippen LogP contribution in [0.15, 0.2) is 53.9 Å². The molecule has 6 nitrogen and oxygen atoms in total. The zero-order valence-electron chi connectivity index (χ0n) is 15.2. The standard InChI is InChI=1S/C21H19N5OS/c27-21(15-4-1-2-5-15)22-16-9-7-14(8-10-16)17-11-12-19-23-24-20(26(19)25-17)18-6-3-13-28-18/h3,6-13,15H,1-2,4-5H2,(H,22,27). The second-order valence-corrected chi connectivity index (χ2v) is 7.99. The van der Waals surface area contributed by atoms with E-state index in [1.165, 1.54) is 0 Å². The average molecular weight is 389 g/mol. The van der Waals surface area contributed by atoms with E-state index < -0.39 is 0 Å². The molecule has 1 saturated carbocycles. The molecule has 28 heavy (non-hydrogen) atoms. The van der Waals surface area contributed by atoms with Gasteiger partial charge in [0, 0.05) is 17.2 Å². The zero-order chi connectivity index (χ0) is 18.9. The highest BCUT2D eigenvalue weighted by Gasteiger charge is 2.22. The Morgan fingerprint density at radius 2 is 1.86 bits per heavy atom. The quantitative estimate of drug-likeness (QED) is 0.551. The van der Waals surface area contributed by atoms with Crippen molar-refractivity contribution in [3.63, 3.8) is 0 Å². The van der Waals surface area contributed by atoms with Crippen molar-refractivity contribution in [2.24, 2.45) is 5.92 Å². The van der Waals surface area contributed by atoms with Gasteiger partial charge >= 0.3 is 0 Å². The molecule has 0 radical (unpaired) electrons. The Hall–Kier alpha value is -3.06. The van der Waals surface area contributed by atoms with Crippen LogP contribution in [0.25, 0.3) is 27.6 Å². The van der Waals surface area contributed by atoms with Crippen molar-refractivity contribution in [1.29, 1.82) is 0 Å². The Labute approximate surface area is 166 Å². The lowest BCUT2D eigenvalue weighted by atomic mass is 10.1. The molecule has 3 aromatic heterocycles. The van der Waals surface area contributed by atoms with Crippen molar-refractivity contribution in [2.75, 3.05) is 5.32 Å². The fraction of sp³-hybridized carbons (Fsp3) is 0.238. The predicted molar refractivity (Wildman–Crippen MR) is 110 cm³/mol. The largest absolute Gasteiger partial charge is 0.326 e. The lowest BCUT2D eigenvalue weighted by Crippen LogP contribution is -2.20. The number of benzene rings is 1. The highest BCUT2D eigenvalue weighted by molar-refractivity contribution is 7.13. The van der Waals surface area contributed by atoms with Crippen LogP contribution >= 0.6 is 11.3 Å². The van der Waals surface area contributed by atoms with Crippen molar-refractivity contribution in [3.8, 4) is 22.0 Å². The van der Waals surface area contributed by atoms with E-state index >= 15 is 0 Å². The molecule has 1 fully saturated rings. The molecule has 1 amide bonds. The minimum atomic E-state index is 0.134. The molecule has 1 aromatic carbocycles. The van der Waals surface area contributed by atoms with Gasteiger partial charge in [0.25, 0.3) is 0 Å². The van der Waals surface area contributed by atoms with E-state index in [4.69, 9.17) is 5.10 Å². The summed E-state index contributed by atoms with van der Waals surface area (Å²) >= 11 is 1.61. The van der Waals surface area contributed by atoms with Gasteiger partial charge in [-0.25, -0.2) is 0 Å². The van der Waals surface area contributed by atoms with Gasteiger partial charge in [0.05, 0.1) is 10.6 Å². The first kappa shape index (κ1) is 17.1. The van der Waals surface area contributed by atoms with E-state index in [-0.39, 0.29) is 11.8 Å². The van der Waals surface area contributed by atoms with Gasteiger partial charge in [0.1, 0.15) is 0 Å². The molecule has 0 unspecified atom stereocenters. The molecule has 140 valence electrons. The topological polar surface area (TPSA) is 72.2 Å². The van der Waals surface area contributed by atoms with Gasteiger partial charge in [-0.15, -0.1) is 21.5 Å². The molecule has 5 rings (SSSR count). The van der Waals surface area contributed by atoms with Crippen LogP contribution in [0.5, 0.6) is 0 Å². The average Bonchev–Trinajstić information content (AvgIpc) is 3.49. The minimum absolute atomic E-state index is 0.134. The second kappa shape index (κ2) is 7.16. The third kappa shape index (κ3) is 3.18. The van der Waals surface area contributed by atoms with Crippen molar-refractivity contribution in [1.82, 2.24) is 19.8 Å². The van der Waals surface area contributed by atoms with E-state index in [2.05, 4.69) is 15.5 Å². The van der Waals surface area contributed by atoms with Crippen molar-refractivity contribution in [2.45, 2.75) is 25.7 Å². The number of anilines is 1. The number of rotatable bonds is 4. The Morgan fingerprint density at radius 1 is 1.04 bits per heavy atom. The van der Waals surface area contributed by atoms with Crippen LogP contribution in [0.3, 0.4) is 0 Å². The van der Waals surface area contributed by atoms with E-state index in [0.29, 0.717) is 5.65 Å². The first-order chi connectivity index (χ1) is 13.8. The summed E-state index contributed by atoms with van der Waals surface area (Å²) in [5, 5.41) is 18.2. The molecule has 0 aliphatic heterocycles. The lowest BCUT2D eigenvalue weighted by molar-refractivity contribution is -0.119. The molecule has 1 N–H and O–H groups in total. The van der Waals surface area contributed by atoms with Gasteiger partial charge < -0.3 is 5.32 Å². The van der Waals surface area contributed by atoms with Gasteiger partial charge in [0.15, 0.2) is 11.5 Å².